The summed E-state index contributed by atoms with van der Waals surface area (Å²) in [6, 6.07) is -0.170. The Morgan fingerprint density at radius 3 is 2.83 bits per heavy atom. The topological polar surface area (TPSA) is 96.4 Å². The minimum Gasteiger partial charge on any atom is -0.477 e. The number of rotatable bonds is 3. The molecule has 6 nitrogen and oxygen atoms in total. The van der Waals surface area contributed by atoms with Crippen LogP contribution >= 0.6 is 11.3 Å². The number of nitrogens with one attached hydrogen (secondary N) is 1. The average molecular weight is 290 g/mol. The molecule has 0 aromatic carbocycles. The van der Waals surface area contributed by atoms with E-state index in [9.17, 15) is 13.2 Å². The zero-order valence-electron chi connectivity index (χ0n) is 9.84. The highest BCUT2D eigenvalue weighted by molar-refractivity contribution is 7.91. The van der Waals surface area contributed by atoms with Crippen molar-refractivity contribution in [3.63, 3.8) is 0 Å². The van der Waals surface area contributed by atoms with Crippen molar-refractivity contribution in [2.45, 2.75) is 25.8 Å². The molecule has 2 N–H and O–H groups in total. The first-order chi connectivity index (χ1) is 8.37. The molecule has 100 valence electrons. The molecule has 1 aromatic rings. The Labute approximate surface area is 109 Å². The number of aryl methyl sites for hydroxylation is 1. The molecule has 1 aliphatic heterocycles. The fourth-order valence-corrected chi connectivity index (χ4v) is 4.49. The first-order valence-electron chi connectivity index (χ1n) is 5.55. The van der Waals surface area contributed by atoms with Crippen LogP contribution in [-0.4, -0.2) is 42.0 Å². The van der Waals surface area contributed by atoms with E-state index in [0.29, 0.717) is 17.2 Å². The lowest BCUT2D eigenvalue weighted by molar-refractivity contribution is 0.0701. The fraction of sp³-hybridized carbons (Fsp3) is 0.600. The van der Waals surface area contributed by atoms with Crippen LogP contribution in [0.5, 0.6) is 0 Å². The van der Waals surface area contributed by atoms with Gasteiger partial charge in [0, 0.05) is 6.04 Å². The van der Waals surface area contributed by atoms with Crippen LogP contribution in [-0.2, 0) is 9.84 Å². The van der Waals surface area contributed by atoms with Crippen molar-refractivity contribution in [2.75, 3.05) is 16.8 Å². The Balaban J connectivity index is 2.10. The number of carboxylic acid groups (broad SMARTS) is 1. The second kappa shape index (κ2) is 4.85. The molecule has 0 aliphatic carbocycles. The van der Waals surface area contributed by atoms with Gasteiger partial charge in [-0.2, -0.15) is 0 Å². The molecule has 1 saturated heterocycles. The fourth-order valence-electron chi connectivity index (χ4n) is 1.97. The Bertz CT molecular complexity index is 564. The molecule has 1 atom stereocenters. The molecule has 1 aliphatic rings. The monoisotopic (exact) mass is 290 g/mol. The average Bonchev–Trinajstić information content (AvgIpc) is 2.58. The van der Waals surface area contributed by atoms with E-state index in [2.05, 4.69) is 10.3 Å². The van der Waals surface area contributed by atoms with Crippen molar-refractivity contribution in [1.82, 2.24) is 4.98 Å². The van der Waals surface area contributed by atoms with Crippen LogP contribution in [0.4, 0.5) is 5.13 Å². The third-order valence-corrected chi connectivity index (χ3v) is 5.68. The maximum absolute atomic E-state index is 11.5. The number of nitrogens with zero attached hydrogens (tertiary/aromatic N) is 1. The number of aromatic nitrogens is 1. The molecule has 0 amide bonds. The van der Waals surface area contributed by atoms with Crippen molar-refractivity contribution < 1.29 is 18.3 Å². The highest BCUT2D eigenvalue weighted by Crippen LogP contribution is 2.25. The van der Waals surface area contributed by atoms with Crippen LogP contribution in [0.3, 0.4) is 0 Å². The number of sulfone groups is 1. The van der Waals surface area contributed by atoms with Crippen molar-refractivity contribution >= 4 is 32.3 Å². The summed E-state index contributed by atoms with van der Waals surface area (Å²) in [7, 11) is -2.97. The van der Waals surface area contributed by atoms with Gasteiger partial charge >= 0.3 is 5.97 Å². The van der Waals surface area contributed by atoms with Gasteiger partial charge in [0.1, 0.15) is 4.88 Å². The summed E-state index contributed by atoms with van der Waals surface area (Å²) < 4.78 is 23.0. The first-order valence-corrected chi connectivity index (χ1v) is 8.19. The minimum atomic E-state index is -2.97. The largest absolute Gasteiger partial charge is 0.477 e. The van der Waals surface area contributed by atoms with Gasteiger partial charge in [-0.25, -0.2) is 18.2 Å². The molecule has 2 rings (SSSR count). The molecule has 18 heavy (non-hydrogen) atoms. The lowest BCUT2D eigenvalue weighted by Gasteiger charge is -2.22. The normalized spacial score (nSPS) is 22.6. The maximum atomic E-state index is 11.5. The quantitative estimate of drug-likeness (QED) is 0.866. The molecule has 0 bridgehead atoms. The standard InChI is InChI=1S/C10H14N2O4S2/c1-6-8(9(13)14)17-10(11-6)12-7-3-2-4-18(15,16)5-7/h7H,2-5H2,1H3,(H,11,12)(H,13,14). The summed E-state index contributed by atoms with van der Waals surface area (Å²) in [5.74, 6) is -0.675. The Morgan fingerprint density at radius 1 is 1.56 bits per heavy atom. The van der Waals surface area contributed by atoms with Crippen LogP contribution in [0.25, 0.3) is 0 Å². The Morgan fingerprint density at radius 2 is 2.28 bits per heavy atom. The SMILES string of the molecule is Cc1nc(NC2CCCS(=O)(=O)C2)sc1C(=O)O. The molecular weight excluding hydrogens is 276 g/mol. The van der Waals surface area contributed by atoms with Crippen LogP contribution in [0, 0.1) is 6.92 Å². The number of anilines is 1. The lowest BCUT2D eigenvalue weighted by atomic mass is 10.2. The van der Waals surface area contributed by atoms with Crippen LogP contribution in [0.2, 0.25) is 0 Å². The van der Waals surface area contributed by atoms with E-state index < -0.39 is 15.8 Å². The summed E-state index contributed by atoms with van der Waals surface area (Å²) in [5.41, 5.74) is 0.452. The summed E-state index contributed by atoms with van der Waals surface area (Å²) in [6.45, 7) is 1.63. The van der Waals surface area contributed by atoms with E-state index in [1.807, 2.05) is 0 Å². The van der Waals surface area contributed by atoms with Crippen LogP contribution < -0.4 is 5.32 Å². The van der Waals surface area contributed by atoms with Crippen LogP contribution in [0.15, 0.2) is 0 Å². The smallest absolute Gasteiger partial charge is 0.347 e. The van der Waals surface area contributed by atoms with Gasteiger partial charge in [0.05, 0.1) is 17.2 Å². The van der Waals surface area contributed by atoms with Crippen molar-refractivity contribution in [2.24, 2.45) is 0 Å². The molecule has 1 unspecified atom stereocenters. The highest BCUT2D eigenvalue weighted by atomic mass is 32.2. The molecule has 1 aromatic heterocycles. The summed E-state index contributed by atoms with van der Waals surface area (Å²) in [4.78, 5) is 15.2. The predicted octanol–water partition coefficient (Wildman–Crippen LogP) is 1.14. The van der Waals surface area contributed by atoms with Crippen LogP contribution in [0.1, 0.15) is 28.2 Å². The molecule has 2 heterocycles. The first kappa shape index (κ1) is 13.3. The van der Waals surface area contributed by atoms with Gasteiger partial charge in [0.15, 0.2) is 15.0 Å². The number of aromatic carboxylic acids is 1. The van der Waals surface area contributed by atoms with Crippen molar-refractivity contribution in [3.8, 4) is 0 Å². The predicted molar refractivity (Wildman–Crippen MR) is 69.1 cm³/mol. The molecule has 8 heteroatoms. The van der Waals surface area contributed by atoms with Crippen molar-refractivity contribution in [1.29, 1.82) is 0 Å². The van der Waals surface area contributed by atoms with Gasteiger partial charge in [0.2, 0.25) is 0 Å². The number of hydrogen-bond donors (Lipinski definition) is 2. The number of carbonyl (C=O) groups is 1. The molecule has 1 fully saturated rings. The zero-order valence-corrected chi connectivity index (χ0v) is 11.5. The summed E-state index contributed by atoms with van der Waals surface area (Å²) in [6.07, 6.45) is 1.40. The number of hydrogen-bond acceptors (Lipinski definition) is 6. The second-order valence-electron chi connectivity index (χ2n) is 4.34. The maximum Gasteiger partial charge on any atom is 0.347 e. The number of thiazole rings is 1. The van der Waals surface area contributed by atoms with Gasteiger partial charge < -0.3 is 10.4 Å². The summed E-state index contributed by atoms with van der Waals surface area (Å²) in [5, 5.41) is 12.4. The van der Waals surface area contributed by atoms with Gasteiger partial charge in [0.25, 0.3) is 0 Å². The van der Waals surface area contributed by atoms with Gasteiger partial charge in [-0.15, -0.1) is 0 Å². The molecule has 0 spiro atoms. The number of carboxylic acids is 1. The minimum absolute atomic E-state index is 0.0913. The van der Waals surface area contributed by atoms with E-state index in [-0.39, 0.29) is 22.4 Å². The molecule has 0 saturated carbocycles. The van der Waals surface area contributed by atoms with Crippen molar-refractivity contribution in [3.05, 3.63) is 10.6 Å². The highest BCUT2D eigenvalue weighted by Gasteiger charge is 2.25. The van der Waals surface area contributed by atoms with E-state index in [0.717, 1.165) is 17.8 Å². The third-order valence-electron chi connectivity index (χ3n) is 2.78. The van der Waals surface area contributed by atoms with E-state index in [1.54, 1.807) is 6.92 Å². The van der Waals surface area contributed by atoms with E-state index >= 15 is 0 Å². The van der Waals surface area contributed by atoms with E-state index in [1.165, 1.54) is 0 Å². The Kier molecular flexibility index (Phi) is 3.58. The van der Waals surface area contributed by atoms with E-state index in [4.69, 9.17) is 5.11 Å². The van der Waals surface area contributed by atoms with Gasteiger partial charge in [-0.1, -0.05) is 11.3 Å². The zero-order chi connectivity index (χ0) is 13.3. The third kappa shape index (κ3) is 2.99. The Hall–Kier alpha value is -1.15. The lowest BCUT2D eigenvalue weighted by Crippen LogP contribution is -2.34. The molecule has 0 radical (unpaired) electrons. The van der Waals surface area contributed by atoms with Gasteiger partial charge in [-0.05, 0) is 19.8 Å². The summed E-state index contributed by atoms with van der Waals surface area (Å²) >= 11 is 1.04. The molecular formula is C10H14N2O4S2. The second-order valence-corrected chi connectivity index (χ2v) is 7.56. The van der Waals surface area contributed by atoms with Gasteiger partial charge in [-0.3, -0.25) is 0 Å².